The van der Waals surface area contributed by atoms with Gasteiger partial charge in [0, 0.05) is 5.56 Å². The van der Waals surface area contributed by atoms with E-state index in [0.29, 0.717) is 0 Å². The highest BCUT2D eigenvalue weighted by molar-refractivity contribution is 5.57. The smallest absolute Gasteiger partial charge is 0.120 e. The van der Waals surface area contributed by atoms with Gasteiger partial charge in [-0.1, -0.05) is 56.7 Å². The monoisotopic (exact) mass is 232 g/mol. The third-order valence-electron chi connectivity index (χ3n) is 2.88. The van der Waals surface area contributed by atoms with Crippen LogP contribution in [0.3, 0.4) is 0 Å². The van der Waals surface area contributed by atoms with E-state index in [2.05, 4.69) is 27.4 Å². The van der Waals surface area contributed by atoms with Gasteiger partial charge in [0.2, 0.25) is 0 Å². The Morgan fingerprint density at radius 3 is 2.41 bits per heavy atom. The Balaban J connectivity index is 2.50. The summed E-state index contributed by atoms with van der Waals surface area (Å²) in [6.45, 7) is 10.5. The topological polar surface area (TPSA) is 9.23 Å². The van der Waals surface area contributed by atoms with E-state index in [9.17, 15) is 0 Å². The zero-order valence-electron chi connectivity index (χ0n) is 11.3. The first kappa shape index (κ1) is 13.8. The fraction of sp³-hybridized carbons (Fsp3) is 0.500. The summed E-state index contributed by atoms with van der Waals surface area (Å²) in [5.74, 6) is 0.770. The van der Waals surface area contributed by atoms with Gasteiger partial charge in [0.25, 0.3) is 0 Å². The van der Waals surface area contributed by atoms with Crippen molar-refractivity contribution in [1.29, 1.82) is 0 Å². The van der Waals surface area contributed by atoms with E-state index in [1.54, 1.807) is 0 Å². The first-order chi connectivity index (χ1) is 8.05. The van der Waals surface area contributed by atoms with Gasteiger partial charge in [0.15, 0.2) is 0 Å². The Morgan fingerprint density at radius 1 is 1.18 bits per heavy atom. The molecule has 0 N–H and O–H groups in total. The van der Waals surface area contributed by atoms with Gasteiger partial charge in [0.1, 0.15) is 11.4 Å². The van der Waals surface area contributed by atoms with E-state index in [1.807, 2.05) is 30.3 Å². The molecule has 0 saturated carbocycles. The molecule has 0 spiro atoms. The normalized spacial score (nSPS) is 11.2. The molecule has 0 aliphatic heterocycles. The van der Waals surface area contributed by atoms with E-state index < -0.39 is 0 Å². The maximum atomic E-state index is 5.98. The van der Waals surface area contributed by atoms with Crippen LogP contribution in [0.2, 0.25) is 0 Å². The predicted molar refractivity (Wildman–Crippen MR) is 74.8 cm³/mol. The Morgan fingerprint density at radius 2 is 1.82 bits per heavy atom. The lowest BCUT2D eigenvalue weighted by Crippen LogP contribution is -2.23. The minimum atomic E-state index is -0.123. The van der Waals surface area contributed by atoms with Crippen molar-refractivity contribution in [3.8, 4) is 0 Å². The maximum Gasteiger partial charge on any atom is 0.120 e. The van der Waals surface area contributed by atoms with Crippen molar-refractivity contribution in [3.63, 3.8) is 0 Å². The zero-order valence-corrected chi connectivity index (χ0v) is 11.3. The van der Waals surface area contributed by atoms with Crippen LogP contribution in [-0.2, 0) is 4.74 Å². The minimum Gasteiger partial charge on any atom is -0.488 e. The number of ether oxygens (including phenoxy) is 1. The second-order valence-corrected chi connectivity index (χ2v) is 5.11. The highest BCUT2D eigenvalue weighted by Crippen LogP contribution is 2.25. The summed E-state index contributed by atoms with van der Waals surface area (Å²) in [4.78, 5) is 0. The second kappa shape index (κ2) is 6.48. The largest absolute Gasteiger partial charge is 0.488 e. The summed E-state index contributed by atoms with van der Waals surface area (Å²) in [5.41, 5.74) is 0.943. The number of unbranched alkanes of at least 4 members (excludes halogenated alkanes) is 2. The van der Waals surface area contributed by atoms with Crippen LogP contribution >= 0.6 is 0 Å². The number of hydrogen-bond donors (Lipinski definition) is 0. The summed E-state index contributed by atoms with van der Waals surface area (Å²) < 4.78 is 5.98. The lowest BCUT2D eigenvalue weighted by atomic mass is 10.00. The summed E-state index contributed by atoms with van der Waals surface area (Å²) in [6, 6.07) is 10.1. The molecule has 0 saturated heterocycles. The molecule has 0 unspecified atom stereocenters. The first-order valence-corrected chi connectivity index (χ1v) is 6.48. The van der Waals surface area contributed by atoms with Crippen LogP contribution in [0.25, 0.3) is 5.76 Å². The molecule has 0 atom stereocenters. The van der Waals surface area contributed by atoms with Crippen molar-refractivity contribution < 1.29 is 4.74 Å². The van der Waals surface area contributed by atoms with Crippen LogP contribution in [0.5, 0.6) is 0 Å². The third-order valence-corrected chi connectivity index (χ3v) is 2.88. The van der Waals surface area contributed by atoms with Gasteiger partial charge in [-0.15, -0.1) is 0 Å². The molecule has 1 nitrogen and oxygen atoms in total. The quantitative estimate of drug-likeness (QED) is 0.473. The van der Waals surface area contributed by atoms with E-state index in [0.717, 1.165) is 17.7 Å². The molecule has 1 heteroatoms. The summed E-state index contributed by atoms with van der Waals surface area (Å²) in [5, 5.41) is 0. The Hall–Kier alpha value is -1.24. The van der Waals surface area contributed by atoms with Crippen LogP contribution in [-0.4, -0.2) is 5.60 Å². The zero-order chi connectivity index (χ0) is 12.7. The second-order valence-electron chi connectivity index (χ2n) is 5.11. The van der Waals surface area contributed by atoms with Gasteiger partial charge >= 0.3 is 0 Å². The lowest BCUT2D eigenvalue weighted by Gasteiger charge is -2.27. The third kappa shape index (κ3) is 5.08. The highest BCUT2D eigenvalue weighted by Gasteiger charge is 2.19. The fourth-order valence-corrected chi connectivity index (χ4v) is 1.87. The van der Waals surface area contributed by atoms with Crippen LogP contribution in [0.15, 0.2) is 36.9 Å². The molecule has 17 heavy (non-hydrogen) atoms. The first-order valence-electron chi connectivity index (χ1n) is 6.48. The van der Waals surface area contributed by atoms with Crippen LogP contribution in [0.4, 0.5) is 0 Å². The van der Waals surface area contributed by atoms with E-state index in [4.69, 9.17) is 4.74 Å². The maximum absolute atomic E-state index is 5.98. The average molecular weight is 232 g/mol. The summed E-state index contributed by atoms with van der Waals surface area (Å²) in [7, 11) is 0. The molecule has 0 heterocycles. The van der Waals surface area contributed by atoms with Gasteiger partial charge in [-0.25, -0.2) is 0 Å². The molecule has 0 aromatic heterocycles. The van der Waals surface area contributed by atoms with Crippen molar-refractivity contribution in [1.82, 2.24) is 0 Å². The molecular weight excluding hydrogens is 208 g/mol. The molecular formula is C16H24O. The standard InChI is InChI=1S/C16H24O/c1-5-6-10-13-16(3,4)17-14(2)15-11-8-7-9-12-15/h7-9,11-12H,2,5-6,10,13H2,1,3-4H3. The van der Waals surface area contributed by atoms with Gasteiger partial charge < -0.3 is 4.74 Å². The van der Waals surface area contributed by atoms with Gasteiger partial charge in [-0.05, 0) is 26.7 Å². The van der Waals surface area contributed by atoms with Crippen molar-refractivity contribution >= 4 is 5.76 Å². The molecule has 1 aromatic carbocycles. The Labute approximate surface area is 106 Å². The Bertz CT molecular complexity index is 338. The summed E-state index contributed by atoms with van der Waals surface area (Å²) >= 11 is 0. The van der Waals surface area contributed by atoms with Crippen molar-refractivity contribution in [2.45, 2.75) is 52.1 Å². The molecule has 1 rings (SSSR count). The van der Waals surface area contributed by atoms with Crippen molar-refractivity contribution in [3.05, 3.63) is 42.5 Å². The molecule has 0 aliphatic rings. The molecule has 0 aliphatic carbocycles. The number of rotatable bonds is 7. The van der Waals surface area contributed by atoms with Gasteiger partial charge in [0.05, 0.1) is 0 Å². The van der Waals surface area contributed by atoms with Crippen LogP contribution < -0.4 is 0 Å². The van der Waals surface area contributed by atoms with E-state index in [-0.39, 0.29) is 5.60 Å². The molecule has 0 fully saturated rings. The molecule has 0 amide bonds. The van der Waals surface area contributed by atoms with E-state index in [1.165, 1.54) is 19.3 Å². The van der Waals surface area contributed by atoms with Gasteiger partial charge in [-0.2, -0.15) is 0 Å². The molecule has 0 radical (unpaired) electrons. The average Bonchev–Trinajstić information content (AvgIpc) is 2.30. The van der Waals surface area contributed by atoms with Crippen LogP contribution in [0.1, 0.15) is 52.0 Å². The Kier molecular flexibility index (Phi) is 5.27. The van der Waals surface area contributed by atoms with Gasteiger partial charge in [-0.3, -0.25) is 0 Å². The minimum absolute atomic E-state index is 0.123. The van der Waals surface area contributed by atoms with Crippen molar-refractivity contribution in [2.75, 3.05) is 0 Å². The molecule has 1 aromatic rings. The fourth-order valence-electron chi connectivity index (χ4n) is 1.87. The number of hydrogen-bond acceptors (Lipinski definition) is 1. The highest BCUT2D eigenvalue weighted by atomic mass is 16.5. The molecule has 94 valence electrons. The number of benzene rings is 1. The summed E-state index contributed by atoms with van der Waals surface area (Å²) in [6.07, 6.45) is 4.80. The predicted octanol–water partition coefficient (Wildman–Crippen LogP) is 5.03. The lowest BCUT2D eigenvalue weighted by molar-refractivity contribution is 0.0659. The molecule has 0 bridgehead atoms. The van der Waals surface area contributed by atoms with Crippen LogP contribution in [0, 0.1) is 0 Å². The van der Waals surface area contributed by atoms with E-state index >= 15 is 0 Å². The van der Waals surface area contributed by atoms with Crippen molar-refractivity contribution in [2.24, 2.45) is 0 Å². The SMILES string of the molecule is C=C(OC(C)(C)CCCCC)c1ccccc1.